The van der Waals surface area contributed by atoms with E-state index in [1.54, 1.807) is 18.2 Å². The summed E-state index contributed by atoms with van der Waals surface area (Å²) in [5, 5.41) is 5.59. The molecule has 1 aliphatic heterocycles. The Balaban J connectivity index is 1.80. The zero-order valence-electron chi connectivity index (χ0n) is 10.4. The van der Waals surface area contributed by atoms with Gasteiger partial charge < -0.3 is 10.6 Å². The first-order valence-electron chi connectivity index (χ1n) is 6.49. The van der Waals surface area contributed by atoms with Gasteiger partial charge in [0.15, 0.2) is 0 Å². The molecule has 1 aromatic carbocycles. The van der Waals surface area contributed by atoms with Gasteiger partial charge in [-0.2, -0.15) is 0 Å². The van der Waals surface area contributed by atoms with Gasteiger partial charge in [-0.3, -0.25) is 9.59 Å². The van der Waals surface area contributed by atoms with Crippen LogP contribution in [0.2, 0.25) is 0 Å². The monoisotopic (exact) mass is 262 g/mol. The van der Waals surface area contributed by atoms with Crippen molar-refractivity contribution in [2.75, 3.05) is 0 Å². The molecule has 0 bridgehead atoms. The Morgan fingerprint density at radius 3 is 2.74 bits per heavy atom. The van der Waals surface area contributed by atoms with Crippen LogP contribution in [0.1, 0.15) is 30.9 Å². The van der Waals surface area contributed by atoms with Crippen LogP contribution in [-0.4, -0.2) is 17.9 Å². The van der Waals surface area contributed by atoms with Crippen molar-refractivity contribution in [2.45, 2.75) is 31.3 Å². The second-order valence-electron chi connectivity index (χ2n) is 5.16. The maximum absolute atomic E-state index is 13.8. The van der Waals surface area contributed by atoms with E-state index in [-0.39, 0.29) is 36.0 Å². The molecule has 5 heteroatoms. The molecular weight excluding hydrogens is 247 g/mol. The van der Waals surface area contributed by atoms with Crippen LogP contribution in [-0.2, 0) is 9.59 Å². The highest BCUT2D eigenvalue weighted by Gasteiger charge is 2.38. The summed E-state index contributed by atoms with van der Waals surface area (Å²) in [5.41, 5.74) is 0.425. The molecular formula is C14H15FN2O2. The summed E-state index contributed by atoms with van der Waals surface area (Å²) in [5.74, 6) is -0.463. The average Bonchev–Trinajstić information content (AvgIpc) is 3.16. The number of rotatable bonds is 3. The SMILES string of the molecule is O=C1CC(NC(=O)C2CC2)C(c2ccccc2F)N1. The number of hydrogen-bond donors (Lipinski definition) is 2. The maximum atomic E-state index is 13.8. The van der Waals surface area contributed by atoms with E-state index in [0.717, 1.165) is 12.8 Å². The van der Waals surface area contributed by atoms with Gasteiger partial charge >= 0.3 is 0 Å². The van der Waals surface area contributed by atoms with E-state index in [4.69, 9.17) is 0 Å². The number of carbonyl (C=O) groups excluding carboxylic acids is 2. The molecule has 2 unspecified atom stereocenters. The number of hydrogen-bond acceptors (Lipinski definition) is 2. The Morgan fingerprint density at radius 1 is 1.32 bits per heavy atom. The molecule has 2 atom stereocenters. The minimum Gasteiger partial charge on any atom is -0.350 e. The summed E-state index contributed by atoms with van der Waals surface area (Å²) >= 11 is 0. The molecule has 0 aromatic heterocycles. The van der Waals surface area contributed by atoms with Gasteiger partial charge in [0.2, 0.25) is 11.8 Å². The van der Waals surface area contributed by atoms with E-state index in [1.165, 1.54) is 6.07 Å². The highest BCUT2D eigenvalue weighted by molar-refractivity contribution is 5.84. The molecule has 1 saturated carbocycles. The molecule has 2 aliphatic rings. The van der Waals surface area contributed by atoms with Gasteiger partial charge in [-0.05, 0) is 18.9 Å². The number of benzene rings is 1. The van der Waals surface area contributed by atoms with Crippen molar-refractivity contribution in [3.8, 4) is 0 Å². The Hall–Kier alpha value is -1.91. The molecule has 1 aromatic rings. The molecule has 2 fully saturated rings. The molecule has 2 N–H and O–H groups in total. The van der Waals surface area contributed by atoms with Crippen molar-refractivity contribution >= 4 is 11.8 Å². The molecule has 19 heavy (non-hydrogen) atoms. The average molecular weight is 262 g/mol. The van der Waals surface area contributed by atoms with E-state index in [2.05, 4.69) is 10.6 Å². The molecule has 1 heterocycles. The predicted molar refractivity (Wildman–Crippen MR) is 66.6 cm³/mol. The van der Waals surface area contributed by atoms with Crippen LogP contribution in [0, 0.1) is 11.7 Å². The summed E-state index contributed by atoms with van der Waals surface area (Å²) in [6.07, 6.45) is 2.02. The fourth-order valence-corrected chi connectivity index (χ4v) is 2.45. The lowest BCUT2D eigenvalue weighted by Crippen LogP contribution is -2.39. The van der Waals surface area contributed by atoms with Crippen molar-refractivity contribution in [2.24, 2.45) is 5.92 Å². The Kier molecular flexibility index (Phi) is 2.97. The Labute approximate surface area is 110 Å². The minimum atomic E-state index is -0.476. The van der Waals surface area contributed by atoms with Crippen LogP contribution in [0.5, 0.6) is 0 Å². The molecule has 1 saturated heterocycles. The molecule has 4 nitrogen and oxygen atoms in total. The largest absolute Gasteiger partial charge is 0.350 e. The van der Waals surface area contributed by atoms with Crippen LogP contribution in [0.15, 0.2) is 24.3 Å². The van der Waals surface area contributed by atoms with E-state index in [9.17, 15) is 14.0 Å². The molecule has 0 radical (unpaired) electrons. The number of halogens is 1. The highest BCUT2D eigenvalue weighted by Crippen LogP contribution is 2.31. The molecule has 1 aliphatic carbocycles. The summed E-state index contributed by atoms with van der Waals surface area (Å²) in [6, 6.07) is 5.49. The van der Waals surface area contributed by atoms with Crippen molar-refractivity contribution < 1.29 is 14.0 Å². The first kappa shape index (κ1) is 12.1. The van der Waals surface area contributed by atoms with Crippen molar-refractivity contribution in [1.82, 2.24) is 10.6 Å². The van der Waals surface area contributed by atoms with Gasteiger partial charge in [-0.25, -0.2) is 4.39 Å². The standard InChI is InChI=1S/C14H15FN2O2/c15-10-4-2-1-3-9(10)13-11(7-12(18)17-13)16-14(19)8-5-6-8/h1-4,8,11,13H,5-7H2,(H,16,19)(H,17,18). The van der Waals surface area contributed by atoms with Crippen molar-refractivity contribution in [3.05, 3.63) is 35.6 Å². The van der Waals surface area contributed by atoms with Gasteiger partial charge in [0, 0.05) is 17.9 Å². The summed E-state index contributed by atoms with van der Waals surface area (Å²) < 4.78 is 13.8. The smallest absolute Gasteiger partial charge is 0.223 e. The second-order valence-corrected chi connectivity index (χ2v) is 5.16. The highest BCUT2D eigenvalue weighted by atomic mass is 19.1. The van der Waals surface area contributed by atoms with Crippen LogP contribution in [0.3, 0.4) is 0 Å². The second kappa shape index (κ2) is 4.64. The Bertz CT molecular complexity index is 528. The Morgan fingerprint density at radius 2 is 2.05 bits per heavy atom. The van der Waals surface area contributed by atoms with Crippen LogP contribution in [0.4, 0.5) is 4.39 Å². The summed E-state index contributed by atoms with van der Waals surface area (Å²) in [7, 11) is 0. The third-order valence-corrected chi connectivity index (χ3v) is 3.64. The lowest BCUT2D eigenvalue weighted by atomic mass is 10.00. The van der Waals surface area contributed by atoms with E-state index >= 15 is 0 Å². The summed E-state index contributed by atoms with van der Waals surface area (Å²) in [6.45, 7) is 0. The van der Waals surface area contributed by atoms with E-state index in [0.29, 0.717) is 5.56 Å². The van der Waals surface area contributed by atoms with Crippen LogP contribution >= 0.6 is 0 Å². The fourth-order valence-electron chi connectivity index (χ4n) is 2.45. The molecule has 3 rings (SSSR count). The van der Waals surface area contributed by atoms with Gasteiger partial charge in [-0.1, -0.05) is 18.2 Å². The summed E-state index contributed by atoms with van der Waals surface area (Å²) in [4.78, 5) is 23.3. The third-order valence-electron chi connectivity index (χ3n) is 3.64. The van der Waals surface area contributed by atoms with E-state index in [1.807, 2.05) is 0 Å². The van der Waals surface area contributed by atoms with Crippen molar-refractivity contribution in [1.29, 1.82) is 0 Å². The third kappa shape index (κ3) is 2.45. The predicted octanol–water partition coefficient (Wildman–Crippen LogP) is 1.28. The normalized spacial score (nSPS) is 26.1. The van der Waals surface area contributed by atoms with Crippen molar-refractivity contribution in [3.63, 3.8) is 0 Å². The minimum absolute atomic E-state index is 0.0251. The number of amides is 2. The topological polar surface area (TPSA) is 58.2 Å². The maximum Gasteiger partial charge on any atom is 0.223 e. The molecule has 2 amide bonds. The molecule has 100 valence electrons. The number of carbonyl (C=O) groups is 2. The lowest BCUT2D eigenvalue weighted by Gasteiger charge is -2.21. The zero-order valence-corrected chi connectivity index (χ0v) is 10.4. The van der Waals surface area contributed by atoms with Gasteiger partial charge in [0.1, 0.15) is 5.82 Å². The zero-order chi connectivity index (χ0) is 13.4. The van der Waals surface area contributed by atoms with Gasteiger partial charge in [0.05, 0.1) is 12.1 Å². The quantitative estimate of drug-likeness (QED) is 0.862. The first-order valence-corrected chi connectivity index (χ1v) is 6.49. The van der Waals surface area contributed by atoms with Gasteiger partial charge in [0.25, 0.3) is 0 Å². The lowest BCUT2D eigenvalue weighted by molar-refractivity contribution is -0.123. The van der Waals surface area contributed by atoms with Crippen LogP contribution < -0.4 is 10.6 Å². The fraction of sp³-hybridized carbons (Fsp3) is 0.429. The number of nitrogens with one attached hydrogen (secondary N) is 2. The molecule has 0 spiro atoms. The van der Waals surface area contributed by atoms with Gasteiger partial charge in [-0.15, -0.1) is 0 Å². The first-order chi connectivity index (χ1) is 9.15. The van der Waals surface area contributed by atoms with Crippen LogP contribution in [0.25, 0.3) is 0 Å². The van der Waals surface area contributed by atoms with E-state index < -0.39 is 6.04 Å².